The summed E-state index contributed by atoms with van der Waals surface area (Å²) in [5.74, 6) is 0.727. The standard InChI is InChI=1S/C7H13NO/c1-6-3-2-4-7(5-6)8-9/h6,9H,2-5H2,1H3/t6-/m1/s1. The molecule has 2 nitrogen and oxygen atoms in total. The third-order valence-corrected chi connectivity index (χ3v) is 1.89. The molecule has 1 rings (SSSR count). The van der Waals surface area contributed by atoms with Crippen LogP contribution in [-0.2, 0) is 0 Å². The van der Waals surface area contributed by atoms with E-state index in [2.05, 4.69) is 12.1 Å². The molecule has 0 spiro atoms. The predicted octanol–water partition coefficient (Wildman–Crippen LogP) is 2.03. The van der Waals surface area contributed by atoms with Crippen molar-refractivity contribution >= 4 is 5.71 Å². The molecular formula is C7H13NO. The van der Waals surface area contributed by atoms with Gasteiger partial charge in [-0.3, -0.25) is 0 Å². The number of nitrogens with zero attached hydrogens (tertiary/aromatic N) is 1. The zero-order valence-corrected chi connectivity index (χ0v) is 5.80. The Kier molecular flexibility index (Phi) is 2.09. The van der Waals surface area contributed by atoms with E-state index in [1.807, 2.05) is 0 Å². The zero-order chi connectivity index (χ0) is 6.69. The van der Waals surface area contributed by atoms with Crippen LogP contribution in [0.1, 0.15) is 32.6 Å². The second-order valence-electron chi connectivity index (χ2n) is 2.87. The second-order valence-corrected chi connectivity index (χ2v) is 2.87. The normalized spacial score (nSPS) is 33.0. The molecule has 1 aliphatic rings. The minimum absolute atomic E-state index is 0.727. The quantitative estimate of drug-likeness (QED) is 0.392. The summed E-state index contributed by atoms with van der Waals surface area (Å²) in [6.07, 6.45) is 4.48. The largest absolute Gasteiger partial charge is 0.411 e. The van der Waals surface area contributed by atoms with Gasteiger partial charge in [0.15, 0.2) is 0 Å². The van der Waals surface area contributed by atoms with E-state index in [0.717, 1.165) is 24.5 Å². The fourth-order valence-electron chi connectivity index (χ4n) is 1.35. The Balaban J connectivity index is 2.41. The smallest absolute Gasteiger partial charge is 0.0573 e. The molecule has 0 aromatic rings. The molecule has 52 valence electrons. The van der Waals surface area contributed by atoms with E-state index in [-0.39, 0.29) is 0 Å². The lowest BCUT2D eigenvalue weighted by Gasteiger charge is -2.17. The maximum atomic E-state index is 8.40. The fourth-order valence-corrected chi connectivity index (χ4v) is 1.35. The first-order valence-corrected chi connectivity index (χ1v) is 3.52. The van der Waals surface area contributed by atoms with Gasteiger partial charge in [-0.05, 0) is 31.6 Å². The highest BCUT2D eigenvalue weighted by Crippen LogP contribution is 2.20. The van der Waals surface area contributed by atoms with Crippen LogP contribution < -0.4 is 0 Å². The van der Waals surface area contributed by atoms with E-state index in [1.165, 1.54) is 12.8 Å². The molecule has 0 bridgehead atoms. The van der Waals surface area contributed by atoms with Gasteiger partial charge in [-0.2, -0.15) is 0 Å². The molecular weight excluding hydrogens is 114 g/mol. The van der Waals surface area contributed by atoms with Gasteiger partial charge >= 0.3 is 0 Å². The third-order valence-electron chi connectivity index (χ3n) is 1.89. The van der Waals surface area contributed by atoms with E-state index >= 15 is 0 Å². The molecule has 0 aromatic heterocycles. The number of rotatable bonds is 0. The number of hydrogen-bond acceptors (Lipinski definition) is 2. The Morgan fingerprint density at radius 3 is 2.89 bits per heavy atom. The van der Waals surface area contributed by atoms with Gasteiger partial charge in [0.1, 0.15) is 0 Å². The molecule has 1 fully saturated rings. The molecule has 9 heavy (non-hydrogen) atoms. The molecule has 0 heterocycles. The molecule has 1 saturated carbocycles. The third kappa shape index (κ3) is 1.70. The van der Waals surface area contributed by atoms with Crippen LogP contribution in [0.4, 0.5) is 0 Å². The average Bonchev–Trinajstić information content (AvgIpc) is 1.88. The highest BCUT2D eigenvalue weighted by atomic mass is 16.4. The predicted molar refractivity (Wildman–Crippen MR) is 36.9 cm³/mol. The highest BCUT2D eigenvalue weighted by molar-refractivity contribution is 5.84. The van der Waals surface area contributed by atoms with Crippen LogP contribution in [0.5, 0.6) is 0 Å². The van der Waals surface area contributed by atoms with Crippen LogP contribution in [0.2, 0.25) is 0 Å². The van der Waals surface area contributed by atoms with E-state index in [1.54, 1.807) is 0 Å². The van der Waals surface area contributed by atoms with Crippen molar-refractivity contribution in [3.05, 3.63) is 0 Å². The molecule has 1 N–H and O–H groups in total. The Labute approximate surface area is 55.6 Å². The first-order valence-electron chi connectivity index (χ1n) is 3.52. The van der Waals surface area contributed by atoms with E-state index in [4.69, 9.17) is 5.21 Å². The lowest BCUT2D eigenvalue weighted by atomic mass is 9.89. The van der Waals surface area contributed by atoms with Crippen LogP contribution >= 0.6 is 0 Å². The fraction of sp³-hybridized carbons (Fsp3) is 0.857. The Morgan fingerprint density at radius 1 is 1.67 bits per heavy atom. The van der Waals surface area contributed by atoms with Crippen molar-refractivity contribution in [1.29, 1.82) is 0 Å². The lowest BCUT2D eigenvalue weighted by Crippen LogP contribution is -2.12. The first kappa shape index (κ1) is 6.59. The summed E-state index contributed by atoms with van der Waals surface area (Å²) < 4.78 is 0. The van der Waals surface area contributed by atoms with Crippen molar-refractivity contribution < 1.29 is 5.21 Å². The summed E-state index contributed by atoms with van der Waals surface area (Å²) in [5.41, 5.74) is 0.980. The van der Waals surface area contributed by atoms with Gasteiger partial charge in [0.25, 0.3) is 0 Å². The molecule has 0 radical (unpaired) electrons. The van der Waals surface area contributed by atoms with Crippen molar-refractivity contribution in [2.45, 2.75) is 32.6 Å². The molecule has 0 saturated heterocycles. The molecule has 0 amide bonds. The minimum atomic E-state index is 0.727. The van der Waals surface area contributed by atoms with Gasteiger partial charge in [0, 0.05) is 0 Å². The number of hydrogen-bond donors (Lipinski definition) is 1. The van der Waals surface area contributed by atoms with E-state index in [9.17, 15) is 0 Å². The van der Waals surface area contributed by atoms with E-state index in [0.29, 0.717) is 0 Å². The Morgan fingerprint density at radius 2 is 2.44 bits per heavy atom. The second kappa shape index (κ2) is 2.85. The summed E-state index contributed by atoms with van der Waals surface area (Å²) in [4.78, 5) is 0. The summed E-state index contributed by atoms with van der Waals surface area (Å²) >= 11 is 0. The van der Waals surface area contributed by atoms with Crippen LogP contribution in [0.3, 0.4) is 0 Å². The van der Waals surface area contributed by atoms with Gasteiger partial charge in [-0.15, -0.1) is 0 Å². The average molecular weight is 127 g/mol. The SMILES string of the molecule is C[C@@H]1CCCC(=NO)C1. The molecule has 2 heteroatoms. The van der Waals surface area contributed by atoms with Gasteiger partial charge in [0.05, 0.1) is 5.71 Å². The van der Waals surface area contributed by atoms with Crippen LogP contribution in [0.25, 0.3) is 0 Å². The molecule has 1 atom stereocenters. The molecule has 1 aliphatic carbocycles. The molecule has 0 unspecified atom stereocenters. The van der Waals surface area contributed by atoms with Crippen LogP contribution in [0, 0.1) is 5.92 Å². The number of oxime groups is 1. The van der Waals surface area contributed by atoms with Gasteiger partial charge in [-0.1, -0.05) is 12.1 Å². The maximum absolute atomic E-state index is 8.40. The monoisotopic (exact) mass is 127 g/mol. The zero-order valence-electron chi connectivity index (χ0n) is 5.80. The lowest BCUT2D eigenvalue weighted by molar-refractivity contribution is 0.311. The molecule has 0 aliphatic heterocycles. The summed E-state index contributed by atoms with van der Waals surface area (Å²) in [6.45, 7) is 2.20. The maximum Gasteiger partial charge on any atom is 0.0573 e. The van der Waals surface area contributed by atoms with Gasteiger partial charge < -0.3 is 5.21 Å². The molecule has 0 aromatic carbocycles. The van der Waals surface area contributed by atoms with Gasteiger partial charge in [0.2, 0.25) is 0 Å². The first-order chi connectivity index (χ1) is 4.33. The Hall–Kier alpha value is -0.530. The van der Waals surface area contributed by atoms with Crippen LogP contribution in [-0.4, -0.2) is 10.9 Å². The van der Waals surface area contributed by atoms with Crippen molar-refractivity contribution in [2.24, 2.45) is 11.1 Å². The van der Waals surface area contributed by atoms with Crippen molar-refractivity contribution in [3.8, 4) is 0 Å². The van der Waals surface area contributed by atoms with Crippen molar-refractivity contribution in [3.63, 3.8) is 0 Å². The highest BCUT2D eigenvalue weighted by Gasteiger charge is 2.13. The van der Waals surface area contributed by atoms with Gasteiger partial charge in [-0.25, -0.2) is 0 Å². The van der Waals surface area contributed by atoms with E-state index < -0.39 is 0 Å². The Bertz CT molecular complexity index is 120. The van der Waals surface area contributed by atoms with Crippen LogP contribution in [0.15, 0.2) is 5.16 Å². The summed E-state index contributed by atoms with van der Waals surface area (Å²) in [7, 11) is 0. The van der Waals surface area contributed by atoms with Crippen molar-refractivity contribution in [2.75, 3.05) is 0 Å². The summed E-state index contributed by atoms with van der Waals surface area (Å²) in [5, 5.41) is 11.6. The summed E-state index contributed by atoms with van der Waals surface area (Å²) in [6, 6.07) is 0. The van der Waals surface area contributed by atoms with Crippen molar-refractivity contribution in [1.82, 2.24) is 0 Å². The topological polar surface area (TPSA) is 32.6 Å². The minimum Gasteiger partial charge on any atom is -0.411 e.